The Hall–Kier alpha value is -1.51. The fourth-order valence-electron chi connectivity index (χ4n) is 1.88. The molecule has 0 aromatic heterocycles. The van der Waals surface area contributed by atoms with Gasteiger partial charge in [0.1, 0.15) is 11.5 Å². The Morgan fingerprint density at radius 3 is 2.53 bits per heavy atom. The van der Waals surface area contributed by atoms with Crippen molar-refractivity contribution in [1.29, 1.82) is 0 Å². The van der Waals surface area contributed by atoms with E-state index in [1.54, 1.807) is 0 Å². The summed E-state index contributed by atoms with van der Waals surface area (Å²) >= 11 is 6.20. The standard InChI is InChI=1S/C16H18ClNO/c1-11-4-7-15(14(17)8-11)19-16-9-13(10-18-3)6-5-12(16)2/h4-9,18H,10H2,1-3H3. The van der Waals surface area contributed by atoms with Crippen LogP contribution in [0.2, 0.25) is 5.02 Å². The minimum Gasteiger partial charge on any atom is -0.456 e. The van der Waals surface area contributed by atoms with Crippen LogP contribution in [0, 0.1) is 13.8 Å². The van der Waals surface area contributed by atoms with Crippen LogP contribution in [-0.2, 0) is 6.54 Å². The van der Waals surface area contributed by atoms with Crippen molar-refractivity contribution in [3.8, 4) is 11.5 Å². The lowest BCUT2D eigenvalue weighted by Gasteiger charge is -2.12. The van der Waals surface area contributed by atoms with Gasteiger partial charge in [-0.1, -0.05) is 29.8 Å². The van der Waals surface area contributed by atoms with E-state index in [0.717, 1.165) is 23.4 Å². The summed E-state index contributed by atoms with van der Waals surface area (Å²) in [7, 11) is 1.93. The highest BCUT2D eigenvalue weighted by Gasteiger charge is 2.06. The maximum absolute atomic E-state index is 6.20. The molecule has 3 heteroatoms. The van der Waals surface area contributed by atoms with Gasteiger partial charge in [0, 0.05) is 6.54 Å². The molecule has 0 fully saturated rings. The second kappa shape index (κ2) is 6.09. The average molecular weight is 276 g/mol. The van der Waals surface area contributed by atoms with Crippen LogP contribution in [0.15, 0.2) is 36.4 Å². The van der Waals surface area contributed by atoms with Gasteiger partial charge in [0.25, 0.3) is 0 Å². The molecule has 2 aromatic rings. The van der Waals surface area contributed by atoms with Crippen molar-refractivity contribution in [2.45, 2.75) is 20.4 Å². The molecule has 0 atom stereocenters. The van der Waals surface area contributed by atoms with Gasteiger partial charge in [0.15, 0.2) is 0 Å². The Morgan fingerprint density at radius 2 is 1.84 bits per heavy atom. The van der Waals surface area contributed by atoms with Crippen molar-refractivity contribution in [2.24, 2.45) is 0 Å². The molecular weight excluding hydrogens is 258 g/mol. The first kappa shape index (κ1) is 13.9. The summed E-state index contributed by atoms with van der Waals surface area (Å²) in [4.78, 5) is 0. The molecule has 0 aliphatic carbocycles. The first-order valence-corrected chi connectivity index (χ1v) is 6.66. The van der Waals surface area contributed by atoms with E-state index in [1.807, 2.05) is 45.2 Å². The van der Waals surface area contributed by atoms with E-state index in [2.05, 4.69) is 17.4 Å². The van der Waals surface area contributed by atoms with Crippen LogP contribution in [-0.4, -0.2) is 7.05 Å². The Labute approximate surface area is 119 Å². The number of rotatable bonds is 4. The smallest absolute Gasteiger partial charge is 0.146 e. The number of hydrogen-bond acceptors (Lipinski definition) is 2. The van der Waals surface area contributed by atoms with Crippen molar-refractivity contribution in [2.75, 3.05) is 7.05 Å². The molecule has 0 saturated carbocycles. The van der Waals surface area contributed by atoms with Gasteiger partial charge in [-0.3, -0.25) is 0 Å². The number of nitrogens with one attached hydrogen (secondary N) is 1. The normalized spacial score (nSPS) is 10.5. The lowest BCUT2D eigenvalue weighted by atomic mass is 10.1. The molecule has 100 valence electrons. The molecule has 1 N–H and O–H groups in total. The molecule has 0 saturated heterocycles. The summed E-state index contributed by atoms with van der Waals surface area (Å²) in [5, 5.41) is 3.77. The van der Waals surface area contributed by atoms with Crippen LogP contribution in [0.1, 0.15) is 16.7 Å². The molecule has 2 nitrogen and oxygen atoms in total. The van der Waals surface area contributed by atoms with Crippen LogP contribution < -0.4 is 10.1 Å². The fourth-order valence-corrected chi connectivity index (χ4v) is 2.15. The summed E-state index contributed by atoms with van der Waals surface area (Å²) in [6, 6.07) is 12.0. The average Bonchev–Trinajstić information content (AvgIpc) is 2.37. The van der Waals surface area contributed by atoms with Crippen LogP contribution >= 0.6 is 11.6 Å². The van der Waals surface area contributed by atoms with E-state index in [4.69, 9.17) is 16.3 Å². The number of benzene rings is 2. The molecule has 2 rings (SSSR count). The molecule has 0 bridgehead atoms. The van der Waals surface area contributed by atoms with E-state index in [-0.39, 0.29) is 0 Å². The number of halogens is 1. The zero-order valence-corrected chi connectivity index (χ0v) is 12.2. The largest absolute Gasteiger partial charge is 0.456 e. The van der Waals surface area contributed by atoms with Crippen molar-refractivity contribution in [1.82, 2.24) is 5.32 Å². The molecule has 19 heavy (non-hydrogen) atoms. The SMILES string of the molecule is CNCc1ccc(C)c(Oc2ccc(C)cc2Cl)c1. The molecular formula is C16H18ClNO. The van der Waals surface area contributed by atoms with Gasteiger partial charge in [-0.05, 0) is 55.8 Å². The van der Waals surface area contributed by atoms with E-state index in [1.165, 1.54) is 5.56 Å². The zero-order valence-electron chi connectivity index (χ0n) is 11.5. The third-order valence-electron chi connectivity index (χ3n) is 2.94. The van der Waals surface area contributed by atoms with Crippen LogP contribution in [0.4, 0.5) is 0 Å². The van der Waals surface area contributed by atoms with Gasteiger partial charge >= 0.3 is 0 Å². The lowest BCUT2D eigenvalue weighted by Crippen LogP contribution is -2.05. The van der Waals surface area contributed by atoms with Crippen LogP contribution in [0.25, 0.3) is 0 Å². The van der Waals surface area contributed by atoms with E-state index in [0.29, 0.717) is 10.8 Å². The highest BCUT2D eigenvalue weighted by Crippen LogP contribution is 2.32. The summed E-state index contributed by atoms with van der Waals surface area (Å²) in [6.45, 7) is 4.85. The maximum Gasteiger partial charge on any atom is 0.146 e. The molecule has 0 aliphatic heterocycles. The third-order valence-corrected chi connectivity index (χ3v) is 3.24. The first-order valence-electron chi connectivity index (χ1n) is 6.28. The van der Waals surface area contributed by atoms with Crippen molar-refractivity contribution in [3.63, 3.8) is 0 Å². The third kappa shape index (κ3) is 3.49. The second-order valence-corrected chi connectivity index (χ2v) is 5.07. The number of aryl methyl sites for hydroxylation is 2. The molecule has 2 aromatic carbocycles. The summed E-state index contributed by atoms with van der Waals surface area (Å²) in [5.74, 6) is 1.54. The lowest BCUT2D eigenvalue weighted by molar-refractivity contribution is 0.478. The fraction of sp³-hybridized carbons (Fsp3) is 0.250. The van der Waals surface area contributed by atoms with Gasteiger partial charge < -0.3 is 10.1 Å². The molecule has 0 spiro atoms. The molecule has 0 amide bonds. The quantitative estimate of drug-likeness (QED) is 0.889. The molecule has 0 radical (unpaired) electrons. The zero-order chi connectivity index (χ0) is 13.8. The van der Waals surface area contributed by atoms with E-state index in [9.17, 15) is 0 Å². The van der Waals surface area contributed by atoms with Gasteiger partial charge in [-0.25, -0.2) is 0 Å². The van der Waals surface area contributed by atoms with Gasteiger partial charge in [0.05, 0.1) is 5.02 Å². The highest BCUT2D eigenvalue weighted by molar-refractivity contribution is 6.32. The molecule has 0 unspecified atom stereocenters. The summed E-state index contributed by atoms with van der Waals surface area (Å²) in [5.41, 5.74) is 3.40. The Bertz CT molecular complexity index is 581. The predicted octanol–water partition coefficient (Wildman–Crippen LogP) is 4.47. The highest BCUT2D eigenvalue weighted by atomic mass is 35.5. The van der Waals surface area contributed by atoms with Crippen LogP contribution in [0.3, 0.4) is 0 Å². The Balaban J connectivity index is 2.29. The molecule has 0 heterocycles. The number of hydrogen-bond donors (Lipinski definition) is 1. The minimum absolute atomic E-state index is 0.637. The summed E-state index contributed by atoms with van der Waals surface area (Å²) < 4.78 is 5.92. The van der Waals surface area contributed by atoms with Crippen molar-refractivity contribution < 1.29 is 4.74 Å². The minimum atomic E-state index is 0.637. The van der Waals surface area contributed by atoms with Crippen LogP contribution in [0.5, 0.6) is 11.5 Å². The van der Waals surface area contributed by atoms with Crippen molar-refractivity contribution in [3.05, 3.63) is 58.1 Å². The van der Waals surface area contributed by atoms with Gasteiger partial charge in [-0.15, -0.1) is 0 Å². The second-order valence-electron chi connectivity index (χ2n) is 4.67. The first-order chi connectivity index (χ1) is 9.10. The topological polar surface area (TPSA) is 21.3 Å². The predicted molar refractivity (Wildman–Crippen MR) is 80.2 cm³/mol. The Morgan fingerprint density at radius 1 is 1.05 bits per heavy atom. The van der Waals surface area contributed by atoms with Gasteiger partial charge in [-0.2, -0.15) is 0 Å². The summed E-state index contributed by atoms with van der Waals surface area (Å²) in [6.07, 6.45) is 0. The Kier molecular flexibility index (Phi) is 4.46. The van der Waals surface area contributed by atoms with Gasteiger partial charge in [0.2, 0.25) is 0 Å². The monoisotopic (exact) mass is 275 g/mol. The van der Waals surface area contributed by atoms with E-state index >= 15 is 0 Å². The molecule has 0 aliphatic rings. The van der Waals surface area contributed by atoms with E-state index < -0.39 is 0 Å². The van der Waals surface area contributed by atoms with Crippen molar-refractivity contribution >= 4 is 11.6 Å². The maximum atomic E-state index is 6.20. The number of ether oxygens (including phenoxy) is 1.